The third-order valence-electron chi connectivity index (χ3n) is 4.27. The molecule has 1 saturated carbocycles. The van der Waals surface area contributed by atoms with Crippen molar-refractivity contribution in [2.75, 3.05) is 5.75 Å². The van der Waals surface area contributed by atoms with Crippen molar-refractivity contribution >= 4 is 17.7 Å². The van der Waals surface area contributed by atoms with E-state index in [1.807, 2.05) is 6.92 Å². The lowest BCUT2D eigenvalue weighted by Gasteiger charge is -2.33. The molecule has 0 atom stereocenters. The zero-order valence-electron chi connectivity index (χ0n) is 13.7. The lowest BCUT2D eigenvalue weighted by atomic mass is 9.86. The molecule has 0 bridgehead atoms. The Labute approximate surface area is 143 Å². The molecule has 2 nitrogen and oxygen atoms in total. The predicted octanol–water partition coefficient (Wildman–Crippen LogP) is 5.30. The fraction of sp³-hybridized carbons (Fsp3) is 0.588. The first-order valence-electron chi connectivity index (χ1n) is 7.92. The summed E-state index contributed by atoms with van der Waals surface area (Å²) >= 11 is 0.569. The van der Waals surface area contributed by atoms with Gasteiger partial charge in [0.25, 0.3) is 0 Å². The van der Waals surface area contributed by atoms with Gasteiger partial charge in [-0.25, -0.2) is 17.6 Å². The van der Waals surface area contributed by atoms with E-state index >= 15 is 0 Å². The molecule has 0 amide bonds. The summed E-state index contributed by atoms with van der Waals surface area (Å²) in [6.45, 7) is 2.84. The molecule has 0 N–H and O–H groups in total. The van der Waals surface area contributed by atoms with Crippen molar-refractivity contribution in [3.8, 4) is 0 Å². The first-order chi connectivity index (χ1) is 11.2. The molecule has 1 aliphatic rings. The van der Waals surface area contributed by atoms with Crippen LogP contribution < -0.4 is 0 Å². The summed E-state index contributed by atoms with van der Waals surface area (Å²) in [7, 11) is 0. The molecule has 0 heterocycles. The van der Waals surface area contributed by atoms with Crippen LogP contribution in [0.5, 0.6) is 0 Å². The summed E-state index contributed by atoms with van der Waals surface area (Å²) in [6, 6.07) is 0. The second-order valence-electron chi connectivity index (χ2n) is 6.29. The first kappa shape index (κ1) is 19.1. The molecule has 1 fully saturated rings. The monoisotopic (exact) mass is 364 g/mol. The Balaban J connectivity index is 1.94. The largest absolute Gasteiger partial charge is 0.459 e. The van der Waals surface area contributed by atoms with Gasteiger partial charge in [0.05, 0.1) is 11.3 Å². The number of benzene rings is 1. The van der Waals surface area contributed by atoms with Crippen LogP contribution >= 0.6 is 11.8 Å². The van der Waals surface area contributed by atoms with Crippen LogP contribution in [0.1, 0.15) is 51.0 Å². The minimum atomic E-state index is -1.43. The van der Waals surface area contributed by atoms with Crippen LogP contribution in [0.2, 0.25) is 0 Å². The van der Waals surface area contributed by atoms with E-state index < -0.39 is 45.3 Å². The second kappa shape index (κ2) is 7.76. The number of hydrogen-bond donors (Lipinski definition) is 0. The third kappa shape index (κ3) is 4.23. The van der Waals surface area contributed by atoms with Crippen LogP contribution in [-0.2, 0) is 9.53 Å². The van der Waals surface area contributed by atoms with Gasteiger partial charge in [-0.3, -0.25) is 4.79 Å². The van der Waals surface area contributed by atoms with Crippen molar-refractivity contribution in [2.24, 2.45) is 0 Å². The molecule has 0 aliphatic heterocycles. The molecular weight excluding hydrogens is 344 g/mol. The van der Waals surface area contributed by atoms with Crippen LogP contribution in [-0.4, -0.2) is 17.3 Å². The number of carbonyl (C=O) groups is 1. The highest BCUT2D eigenvalue weighted by Crippen LogP contribution is 2.33. The summed E-state index contributed by atoms with van der Waals surface area (Å²) in [5.41, 5.74) is -1.18. The minimum absolute atomic E-state index is 0.0231. The van der Waals surface area contributed by atoms with E-state index in [1.165, 1.54) is 0 Å². The molecule has 7 heteroatoms. The molecule has 2 rings (SSSR count). The number of rotatable bonds is 5. The third-order valence-corrected chi connectivity index (χ3v) is 5.32. The van der Waals surface area contributed by atoms with Gasteiger partial charge in [0.2, 0.25) is 0 Å². The molecule has 0 spiro atoms. The number of hydrogen-bond acceptors (Lipinski definition) is 3. The number of esters is 1. The van der Waals surface area contributed by atoms with Gasteiger partial charge in [-0.05, 0) is 39.5 Å². The zero-order chi connectivity index (χ0) is 17.9. The van der Waals surface area contributed by atoms with Crippen molar-refractivity contribution in [2.45, 2.75) is 62.9 Å². The molecule has 24 heavy (non-hydrogen) atoms. The van der Waals surface area contributed by atoms with Gasteiger partial charge in [0, 0.05) is 11.3 Å². The van der Waals surface area contributed by atoms with E-state index in [1.54, 1.807) is 0 Å². The Morgan fingerprint density at radius 2 is 1.58 bits per heavy atom. The van der Waals surface area contributed by atoms with E-state index in [0.717, 1.165) is 39.0 Å². The van der Waals surface area contributed by atoms with Crippen molar-refractivity contribution in [1.82, 2.24) is 0 Å². The second-order valence-corrected chi connectivity index (χ2v) is 7.40. The standard InChI is InChI=1S/C17H20F4O2S/c1-10-12(18)14(20)16(15(21)13(10)19)24-9-6-11(22)23-17(2)7-4-3-5-8-17/h3-9H2,1-2H3. The number of ether oxygens (including phenoxy) is 1. The maximum Gasteiger partial charge on any atom is 0.307 e. The Morgan fingerprint density at radius 3 is 2.12 bits per heavy atom. The van der Waals surface area contributed by atoms with Gasteiger partial charge in [0.15, 0.2) is 23.3 Å². The molecule has 0 saturated heterocycles. The van der Waals surface area contributed by atoms with Crippen LogP contribution in [0.25, 0.3) is 0 Å². The topological polar surface area (TPSA) is 26.3 Å². The van der Waals surface area contributed by atoms with Crippen molar-refractivity contribution in [3.63, 3.8) is 0 Å². The maximum atomic E-state index is 13.7. The summed E-state index contributed by atoms with van der Waals surface area (Å²) in [5, 5.41) is 0. The Bertz CT molecular complexity index is 599. The number of halogens is 4. The van der Waals surface area contributed by atoms with Gasteiger partial charge < -0.3 is 4.74 Å². The smallest absolute Gasteiger partial charge is 0.307 e. The average Bonchev–Trinajstić information content (AvgIpc) is 2.54. The van der Waals surface area contributed by atoms with E-state index in [9.17, 15) is 22.4 Å². The molecule has 0 radical (unpaired) electrons. The van der Waals surface area contributed by atoms with E-state index in [2.05, 4.69) is 0 Å². The van der Waals surface area contributed by atoms with Crippen LogP contribution in [0.3, 0.4) is 0 Å². The Hall–Kier alpha value is -1.24. The SMILES string of the molecule is Cc1c(F)c(F)c(SCCC(=O)OC2(C)CCCCC2)c(F)c1F. The van der Waals surface area contributed by atoms with Crippen molar-refractivity contribution in [3.05, 3.63) is 28.8 Å². The van der Waals surface area contributed by atoms with Crippen molar-refractivity contribution < 1.29 is 27.1 Å². The van der Waals surface area contributed by atoms with Gasteiger partial charge in [-0.2, -0.15) is 0 Å². The van der Waals surface area contributed by atoms with Crippen LogP contribution in [0.4, 0.5) is 17.6 Å². The average molecular weight is 364 g/mol. The quantitative estimate of drug-likeness (QED) is 0.307. The van der Waals surface area contributed by atoms with E-state index in [4.69, 9.17) is 4.74 Å². The molecule has 0 aromatic heterocycles. The fourth-order valence-corrected chi connectivity index (χ4v) is 3.72. The van der Waals surface area contributed by atoms with Gasteiger partial charge in [-0.1, -0.05) is 6.42 Å². The molecular formula is C17H20F4O2S. The number of thioether (sulfide) groups is 1. The normalized spacial score (nSPS) is 16.9. The highest BCUT2D eigenvalue weighted by Gasteiger charge is 2.30. The summed E-state index contributed by atoms with van der Waals surface area (Å²) in [6.07, 6.45) is 4.61. The summed E-state index contributed by atoms with van der Waals surface area (Å²) in [5.74, 6) is -6.17. The van der Waals surface area contributed by atoms with E-state index in [0.29, 0.717) is 11.8 Å². The molecule has 134 valence electrons. The molecule has 1 aromatic carbocycles. The molecule has 0 unspecified atom stereocenters. The van der Waals surface area contributed by atoms with Gasteiger partial charge >= 0.3 is 5.97 Å². The predicted molar refractivity (Wildman–Crippen MR) is 83.9 cm³/mol. The van der Waals surface area contributed by atoms with E-state index in [-0.39, 0.29) is 12.2 Å². The molecule has 1 aromatic rings. The summed E-state index contributed by atoms with van der Waals surface area (Å²) < 4.78 is 59.9. The lowest BCUT2D eigenvalue weighted by molar-refractivity contribution is -0.160. The van der Waals surface area contributed by atoms with Crippen molar-refractivity contribution in [1.29, 1.82) is 0 Å². The zero-order valence-corrected chi connectivity index (χ0v) is 14.5. The molecule has 1 aliphatic carbocycles. The minimum Gasteiger partial charge on any atom is -0.459 e. The Morgan fingerprint density at radius 1 is 1.04 bits per heavy atom. The lowest BCUT2D eigenvalue weighted by Crippen LogP contribution is -2.34. The summed E-state index contributed by atoms with van der Waals surface area (Å²) in [4.78, 5) is 11.2. The van der Waals surface area contributed by atoms with Crippen LogP contribution in [0, 0.1) is 30.2 Å². The maximum absolute atomic E-state index is 13.7. The van der Waals surface area contributed by atoms with Gasteiger partial charge in [-0.15, -0.1) is 11.8 Å². The van der Waals surface area contributed by atoms with Crippen LogP contribution in [0.15, 0.2) is 4.90 Å². The first-order valence-corrected chi connectivity index (χ1v) is 8.91. The van der Waals surface area contributed by atoms with Gasteiger partial charge in [0.1, 0.15) is 5.60 Å². The highest BCUT2D eigenvalue weighted by atomic mass is 32.2. The Kier molecular flexibility index (Phi) is 6.17. The fourth-order valence-electron chi connectivity index (χ4n) is 2.81. The highest BCUT2D eigenvalue weighted by molar-refractivity contribution is 7.99. The number of carbonyl (C=O) groups excluding carboxylic acids is 1.